The smallest absolute Gasteiger partial charge is 0.255 e. The van der Waals surface area contributed by atoms with Crippen LogP contribution in [0.3, 0.4) is 0 Å². The van der Waals surface area contributed by atoms with Crippen LogP contribution in [0.1, 0.15) is 28.8 Å². The van der Waals surface area contributed by atoms with Gasteiger partial charge in [0.2, 0.25) is 0 Å². The second-order valence-electron chi connectivity index (χ2n) is 8.87. The molecule has 1 unspecified atom stereocenters. The highest BCUT2D eigenvalue weighted by atomic mass is 79.9. The largest absolute Gasteiger partial charge is 0.489 e. The summed E-state index contributed by atoms with van der Waals surface area (Å²) in [6.07, 6.45) is 1.46. The fraction of sp³-hybridized carbons (Fsp3) is 0.321. The SMILES string of the molecule is O=C(Nc1ccccc1OCC(O)CNC1CCN(Cc2ccc(Br)cc2)CC1)c1ccccc1. The highest BCUT2D eigenvalue weighted by molar-refractivity contribution is 9.10. The fourth-order valence-corrected chi connectivity index (χ4v) is 4.43. The van der Waals surface area contributed by atoms with Crippen molar-refractivity contribution >= 4 is 27.5 Å². The highest BCUT2D eigenvalue weighted by Crippen LogP contribution is 2.24. The standard InChI is InChI=1S/C28H32BrN3O3/c29-23-12-10-21(11-13-23)19-32-16-14-24(15-17-32)30-18-25(33)20-35-27-9-5-4-8-26(27)31-28(34)22-6-2-1-3-7-22/h1-13,24-25,30,33H,14-20H2,(H,31,34). The number of hydrogen-bond acceptors (Lipinski definition) is 5. The van der Waals surface area contributed by atoms with Gasteiger partial charge in [0.1, 0.15) is 18.5 Å². The van der Waals surface area contributed by atoms with Crippen LogP contribution in [0, 0.1) is 0 Å². The summed E-state index contributed by atoms with van der Waals surface area (Å²) < 4.78 is 6.95. The van der Waals surface area contributed by atoms with E-state index in [0.29, 0.717) is 29.6 Å². The number of likely N-dealkylation sites (tertiary alicyclic amines) is 1. The Morgan fingerprint density at radius 1 is 1.00 bits per heavy atom. The van der Waals surface area contributed by atoms with Crippen molar-refractivity contribution < 1.29 is 14.6 Å². The van der Waals surface area contributed by atoms with Crippen molar-refractivity contribution in [3.63, 3.8) is 0 Å². The third-order valence-electron chi connectivity index (χ3n) is 6.15. The summed E-state index contributed by atoms with van der Waals surface area (Å²) in [6.45, 7) is 3.66. The summed E-state index contributed by atoms with van der Waals surface area (Å²) in [5.74, 6) is 0.340. The van der Waals surface area contributed by atoms with Crippen LogP contribution in [0.4, 0.5) is 5.69 Å². The summed E-state index contributed by atoms with van der Waals surface area (Å²) in [5.41, 5.74) is 2.49. The van der Waals surface area contributed by atoms with Crippen molar-refractivity contribution in [1.82, 2.24) is 10.2 Å². The molecule has 1 aliphatic heterocycles. The highest BCUT2D eigenvalue weighted by Gasteiger charge is 2.20. The fourth-order valence-electron chi connectivity index (χ4n) is 4.17. The van der Waals surface area contributed by atoms with Crippen molar-refractivity contribution in [2.24, 2.45) is 0 Å². The molecule has 3 aromatic rings. The topological polar surface area (TPSA) is 73.8 Å². The molecule has 1 aliphatic rings. The lowest BCUT2D eigenvalue weighted by atomic mass is 10.0. The first kappa shape index (κ1) is 25.4. The third-order valence-corrected chi connectivity index (χ3v) is 6.68. The summed E-state index contributed by atoms with van der Waals surface area (Å²) in [6, 6.07) is 25.2. The van der Waals surface area contributed by atoms with Gasteiger partial charge in [0.25, 0.3) is 5.91 Å². The number of anilines is 1. The van der Waals surface area contributed by atoms with Gasteiger partial charge in [0, 0.05) is 29.2 Å². The molecular formula is C28H32BrN3O3. The quantitative estimate of drug-likeness (QED) is 0.349. The monoisotopic (exact) mass is 537 g/mol. The Morgan fingerprint density at radius 3 is 2.43 bits per heavy atom. The van der Waals surface area contributed by atoms with E-state index in [2.05, 4.69) is 55.7 Å². The Bertz CT molecular complexity index is 1070. The van der Waals surface area contributed by atoms with Crippen LogP contribution in [0.25, 0.3) is 0 Å². The van der Waals surface area contributed by atoms with Crippen molar-refractivity contribution in [1.29, 1.82) is 0 Å². The van der Waals surface area contributed by atoms with Gasteiger partial charge in [-0.15, -0.1) is 0 Å². The first-order valence-corrected chi connectivity index (χ1v) is 12.8. The molecule has 4 rings (SSSR count). The van der Waals surface area contributed by atoms with Crippen LogP contribution in [-0.2, 0) is 6.54 Å². The number of para-hydroxylation sites is 2. The zero-order valence-corrected chi connectivity index (χ0v) is 21.3. The van der Waals surface area contributed by atoms with Crippen LogP contribution in [0.2, 0.25) is 0 Å². The number of carbonyl (C=O) groups excluding carboxylic acids is 1. The molecule has 1 heterocycles. The summed E-state index contributed by atoms with van der Waals surface area (Å²) in [4.78, 5) is 15.0. The number of rotatable bonds is 10. The molecule has 35 heavy (non-hydrogen) atoms. The summed E-state index contributed by atoms with van der Waals surface area (Å²) in [7, 11) is 0. The predicted molar refractivity (Wildman–Crippen MR) is 143 cm³/mol. The first-order valence-electron chi connectivity index (χ1n) is 12.0. The minimum Gasteiger partial charge on any atom is -0.489 e. The Labute approximate surface area is 215 Å². The van der Waals surface area contributed by atoms with Crippen molar-refractivity contribution in [2.75, 3.05) is 31.6 Å². The molecule has 1 fully saturated rings. The van der Waals surface area contributed by atoms with E-state index in [0.717, 1.165) is 36.9 Å². The van der Waals surface area contributed by atoms with Crippen molar-refractivity contribution in [2.45, 2.75) is 31.5 Å². The number of aliphatic hydroxyl groups is 1. The Kier molecular flexibility index (Phi) is 9.31. The average Bonchev–Trinajstić information content (AvgIpc) is 2.89. The summed E-state index contributed by atoms with van der Waals surface area (Å²) in [5, 5.41) is 16.8. The molecule has 0 bridgehead atoms. The molecule has 3 aromatic carbocycles. The number of aliphatic hydroxyl groups excluding tert-OH is 1. The van der Waals surface area contributed by atoms with Gasteiger partial charge in [-0.05, 0) is 67.9 Å². The molecule has 184 valence electrons. The molecule has 1 saturated heterocycles. The van der Waals surface area contributed by atoms with Crippen LogP contribution in [0.5, 0.6) is 5.75 Å². The maximum absolute atomic E-state index is 12.5. The molecule has 0 aromatic heterocycles. The number of benzene rings is 3. The second-order valence-corrected chi connectivity index (χ2v) is 9.78. The molecule has 0 aliphatic carbocycles. The Hall–Kier alpha value is -2.71. The zero-order valence-electron chi connectivity index (χ0n) is 19.7. The van der Waals surface area contributed by atoms with Crippen LogP contribution < -0.4 is 15.4 Å². The van der Waals surface area contributed by atoms with Crippen LogP contribution in [-0.4, -0.2) is 54.3 Å². The molecule has 6 nitrogen and oxygen atoms in total. The van der Waals surface area contributed by atoms with E-state index in [9.17, 15) is 9.90 Å². The van der Waals surface area contributed by atoms with Gasteiger partial charge >= 0.3 is 0 Å². The number of hydrogen-bond donors (Lipinski definition) is 3. The van der Waals surface area contributed by atoms with Crippen LogP contribution in [0.15, 0.2) is 83.3 Å². The molecule has 0 saturated carbocycles. The molecule has 0 spiro atoms. The number of nitrogens with zero attached hydrogens (tertiary/aromatic N) is 1. The molecule has 1 amide bonds. The van der Waals surface area contributed by atoms with Crippen molar-refractivity contribution in [3.8, 4) is 5.75 Å². The lowest BCUT2D eigenvalue weighted by Crippen LogP contribution is -2.45. The van der Waals surface area contributed by atoms with Gasteiger partial charge in [-0.3, -0.25) is 9.69 Å². The van der Waals surface area contributed by atoms with E-state index in [1.165, 1.54) is 5.56 Å². The van der Waals surface area contributed by atoms with Gasteiger partial charge in [0.05, 0.1) is 5.69 Å². The maximum Gasteiger partial charge on any atom is 0.255 e. The van der Waals surface area contributed by atoms with E-state index in [-0.39, 0.29) is 12.5 Å². The Balaban J connectivity index is 1.18. The van der Waals surface area contributed by atoms with Gasteiger partial charge < -0.3 is 20.5 Å². The van der Waals surface area contributed by atoms with Gasteiger partial charge in [-0.25, -0.2) is 0 Å². The zero-order chi connectivity index (χ0) is 24.5. The van der Waals surface area contributed by atoms with Gasteiger partial charge in [0.15, 0.2) is 0 Å². The molecule has 3 N–H and O–H groups in total. The van der Waals surface area contributed by atoms with E-state index in [4.69, 9.17) is 4.74 Å². The number of nitrogens with one attached hydrogen (secondary N) is 2. The van der Waals surface area contributed by atoms with E-state index in [1.807, 2.05) is 30.3 Å². The normalized spacial score (nSPS) is 15.5. The van der Waals surface area contributed by atoms with E-state index >= 15 is 0 Å². The molecule has 0 radical (unpaired) electrons. The van der Waals surface area contributed by atoms with Crippen molar-refractivity contribution in [3.05, 3.63) is 94.5 Å². The maximum atomic E-state index is 12.5. The Morgan fingerprint density at radius 2 is 1.69 bits per heavy atom. The predicted octanol–water partition coefficient (Wildman–Crippen LogP) is 4.70. The van der Waals surface area contributed by atoms with E-state index in [1.54, 1.807) is 24.3 Å². The number of amides is 1. The molecule has 1 atom stereocenters. The number of halogens is 1. The lowest BCUT2D eigenvalue weighted by Gasteiger charge is -2.33. The second kappa shape index (κ2) is 12.8. The average molecular weight is 538 g/mol. The number of carbonyl (C=O) groups is 1. The number of ether oxygens (including phenoxy) is 1. The van der Waals surface area contributed by atoms with Gasteiger partial charge in [-0.2, -0.15) is 0 Å². The third kappa shape index (κ3) is 7.90. The lowest BCUT2D eigenvalue weighted by molar-refractivity contribution is 0.0978. The van der Waals surface area contributed by atoms with Crippen LogP contribution >= 0.6 is 15.9 Å². The number of piperidine rings is 1. The first-order chi connectivity index (χ1) is 17.1. The minimum absolute atomic E-state index is 0.146. The molecular weight excluding hydrogens is 506 g/mol. The van der Waals surface area contributed by atoms with Gasteiger partial charge in [-0.1, -0.05) is 58.4 Å². The molecule has 7 heteroatoms. The minimum atomic E-state index is -0.645. The summed E-state index contributed by atoms with van der Waals surface area (Å²) >= 11 is 3.49. The van der Waals surface area contributed by atoms with E-state index < -0.39 is 6.10 Å².